The van der Waals surface area contributed by atoms with E-state index in [2.05, 4.69) is 5.32 Å². The molecule has 2 N–H and O–H groups in total. The van der Waals surface area contributed by atoms with Gasteiger partial charge in [0.25, 0.3) is 0 Å². The molecule has 150 valence electrons. The smallest absolute Gasteiger partial charge is 0.326 e. The minimum Gasteiger partial charge on any atom is -0.508 e. The van der Waals surface area contributed by atoms with Crippen molar-refractivity contribution in [2.75, 3.05) is 12.0 Å². The molecule has 0 bridgehead atoms. The number of hydrogen-bond acceptors (Lipinski definition) is 6. The Morgan fingerprint density at radius 3 is 2.31 bits per heavy atom. The Labute approximate surface area is 166 Å². The number of rotatable bonds is 3. The number of benzene rings is 2. The first-order valence-electron chi connectivity index (χ1n) is 9.06. The number of imide groups is 1. The van der Waals surface area contributed by atoms with Crippen LogP contribution in [0.4, 0.5) is 10.1 Å². The van der Waals surface area contributed by atoms with Crippen molar-refractivity contribution in [1.29, 1.82) is 0 Å². The van der Waals surface area contributed by atoms with Crippen LogP contribution in [0.5, 0.6) is 5.75 Å². The highest BCUT2D eigenvalue weighted by Crippen LogP contribution is 2.50. The van der Waals surface area contributed by atoms with Gasteiger partial charge in [0.05, 0.1) is 24.6 Å². The molecule has 2 fully saturated rings. The largest absolute Gasteiger partial charge is 0.508 e. The van der Waals surface area contributed by atoms with Crippen LogP contribution in [0.25, 0.3) is 0 Å². The van der Waals surface area contributed by atoms with Crippen molar-refractivity contribution in [2.45, 2.75) is 18.5 Å². The van der Waals surface area contributed by atoms with E-state index in [0.717, 1.165) is 4.90 Å². The van der Waals surface area contributed by atoms with E-state index in [1.165, 1.54) is 50.4 Å². The van der Waals surface area contributed by atoms with E-state index in [-0.39, 0.29) is 11.4 Å². The number of phenols is 1. The van der Waals surface area contributed by atoms with E-state index < -0.39 is 47.0 Å². The molecule has 2 heterocycles. The summed E-state index contributed by atoms with van der Waals surface area (Å²) in [5.74, 6) is -3.97. The molecule has 2 aromatic rings. The number of methoxy groups -OCH3 is 1. The lowest BCUT2D eigenvalue weighted by Gasteiger charge is -2.28. The molecule has 2 aliphatic heterocycles. The molecule has 2 aliphatic rings. The first kappa shape index (κ1) is 19.1. The van der Waals surface area contributed by atoms with Gasteiger partial charge in [0.15, 0.2) is 0 Å². The van der Waals surface area contributed by atoms with E-state index in [1.54, 1.807) is 12.1 Å². The Bertz CT molecular complexity index is 991. The van der Waals surface area contributed by atoms with Gasteiger partial charge in [-0.05, 0) is 48.9 Å². The maximum absolute atomic E-state index is 13.3. The number of amides is 2. The van der Waals surface area contributed by atoms with Gasteiger partial charge in [-0.1, -0.05) is 12.1 Å². The predicted molar refractivity (Wildman–Crippen MR) is 100 cm³/mol. The summed E-state index contributed by atoms with van der Waals surface area (Å²) in [7, 11) is 1.22. The number of fused-ring (bicyclic) bond motifs is 1. The van der Waals surface area contributed by atoms with Gasteiger partial charge in [-0.3, -0.25) is 19.7 Å². The van der Waals surface area contributed by atoms with Crippen molar-refractivity contribution in [3.8, 4) is 5.75 Å². The molecule has 0 unspecified atom stereocenters. The minimum atomic E-state index is -1.43. The molecular weight excluding hydrogens is 379 g/mol. The molecule has 2 saturated heterocycles. The van der Waals surface area contributed by atoms with E-state index in [4.69, 9.17) is 4.74 Å². The predicted octanol–water partition coefficient (Wildman–Crippen LogP) is 1.91. The second-order valence-corrected chi connectivity index (χ2v) is 7.40. The summed E-state index contributed by atoms with van der Waals surface area (Å²) >= 11 is 0. The first-order valence-corrected chi connectivity index (χ1v) is 9.06. The quantitative estimate of drug-likeness (QED) is 0.606. The molecular formula is C21H19FN2O5. The third-order valence-electron chi connectivity index (χ3n) is 5.73. The summed E-state index contributed by atoms with van der Waals surface area (Å²) < 4.78 is 18.2. The van der Waals surface area contributed by atoms with Crippen molar-refractivity contribution in [3.63, 3.8) is 0 Å². The summed E-state index contributed by atoms with van der Waals surface area (Å²) in [4.78, 5) is 40.2. The number of nitrogens with zero attached hydrogens (tertiary/aromatic N) is 1. The zero-order valence-corrected chi connectivity index (χ0v) is 15.8. The minimum absolute atomic E-state index is 0.0563. The Hall–Kier alpha value is -3.26. The molecule has 0 saturated carbocycles. The molecule has 8 heteroatoms. The van der Waals surface area contributed by atoms with Gasteiger partial charge < -0.3 is 9.84 Å². The number of anilines is 1. The lowest BCUT2D eigenvalue weighted by Crippen LogP contribution is -2.54. The van der Waals surface area contributed by atoms with Gasteiger partial charge in [0.1, 0.15) is 17.1 Å². The summed E-state index contributed by atoms with van der Waals surface area (Å²) in [6.45, 7) is 1.54. The number of ether oxygens (including phenoxy) is 1. The number of phenolic OH excluding ortho intramolecular Hbond substituents is 1. The van der Waals surface area contributed by atoms with Crippen LogP contribution in [-0.4, -0.2) is 35.5 Å². The van der Waals surface area contributed by atoms with Crippen molar-refractivity contribution in [1.82, 2.24) is 5.32 Å². The normalized spacial score (nSPS) is 28.5. The lowest BCUT2D eigenvalue weighted by atomic mass is 9.80. The van der Waals surface area contributed by atoms with Crippen molar-refractivity contribution in [2.24, 2.45) is 11.8 Å². The summed E-state index contributed by atoms with van der Waals surface area (Å²) in [5, 5.41) is 12.7. The van der Waals surface area contributed by atoms with Crippen molar-refractivity contribution < 1.29 is 28.6 Å². The van der Waals surface area contributed by atoms with Gasteiger partial charge >= 0.3 is 5.97 Å². The highest BCUT2D eigenvalue weighted by molar-refractivity contribution is 6.24. The Balaban J connectivity index is 1.81. The monoisotopic (exact) mass is 398 g/mol. The number of nitrogens with one attached hydrogen (secondary N) is 1. The van der Waals surface area contributed by atoms with E-state index >= 15 is 0 Å². The van der Waals surface area contributed by atoms with E-state index in [0.29, 0.717) is 5.56 Å². The van der Waals surface area contributed by atoms with Crippen molar-refractivity contribution in [3.05, 3.63) is 59.9 Å². The van der Waals surface area contributed by atoms with Gasteiger partial charge in [0, 0.05) is 6.04 Å². The number of carbonyl (C=O) groups is 3. The number of carbonyl (C=O) groups excluding carboxylic acids is 3. The number of esters is 1. The fourth-order valence-electron chi connectivity index (χ4n) is 4.35. The van der Waals surface area contributed by atoms with E-state index in [9.17, 15) is 23.9 Å². The SMILES string of the molecule is COC(=O)[C@]1(C)N[C@H](c2ccc(O)cc2)[C@H]2C(=O)N(c3ccc(F)cc3)C(=O)[C@@H]21. The average Bonchev–Trinajstić information content (AvgIpc) is 3.17. The molecule has 2 aromatic carbocycles. The zero-order valence-electron chi connectivity index (χ0n) is 15.8. The van der Waals surface area contributed by atoms with Gasteiger partial charge in [-0.25, -0.2) is 9.29 Å². The summed E-state index contributed by atoms with van der Waals surface area (Å²) in [6, 6.07) is 10.6. The third-order valence-corrected chi connectivity index (χ3v) is 5.73. The Morgan fingerprint density at radius 2 is 1.72 bits per heavy atom. The highest BCUT2D eigenvalue weighted by atomic mass is 19.1. The maximum Gasteiger partial charge on any atom is 0.326 e. The van der Waals surface area contributed by atoms with Crippen LogP contribution < -0.4 is 10.2 Å². The van der Waals surface area contributed by atoms with E-state index in [1.807, 2.05) is 0 Å². The molecule has 0 spiro atoms. The third kappa shape index (κ3) is 2.79. The van der Waals surface area contributed by atoms with Crippen LogP contribution in [0.2, 0.25) is 0 Å². The first-order chi connectivity index (χ1) is 13.8. The number of hydrogen-bond donors (Lipinski definition) is 2. The Kier molecular flexibility index (Phi) is 4.38. The zero-order chi connectivity index (χ0) is 20.9. The van der Waals surface area contributed by atoms with Crippen LogP contribution in [0.3, 0.4) is 0 Å². The molecule has 0 aliphatic carbocycles. The molecule has 4 atom stereocenters. The van der Waals surface area contributed by atoms with Crippen molar-refractivity contribution >= 4 is 23.5 Å². The molecule has 2 amide bonds. The number of aromatic hydroxyl groups is 1. The molecule has 0 aromatic heterocycles. The average molecular weight is 398 g/mol. The van der Waals surface area contributed by atoms with Gasteiger partial charge in [0.2, 0.25) is 11.8 Å². The summed E-state index contributed by atoms with van der Waals surface area (Å²) in [6.07, 6.45) is 0. The topological polar surface area (TPSA) is 95.9 Å². The standard InChI is InChI=1S/C21H19FN2O5/c1-21(20(28)29-2)16-15(17(23-21)11-3-9-14(25)10-4-11)18(26)24(19(16)27)13-7-5-12(22)6-8-13/h3-10,15-17,23,25H,1-2H3/t15-,16+,17+,21+/m0/s1. The van der Waals surface area contributed by atoms with Crippen LogP contribution in [-0.2, 0) is 19.1 Å². The fourth-order valence-corrected chi connectivity index (χ4v) is 4.35. The van der Waals surface area contributed by atoms with Gasteiger partial charge in [-0.2, -0.15) is 0 Å². The molecule has 7 nitrogen and oxygen atoms in total. The van der Waals surface area contributed by atoms with Crippen LogP contribution >= 0.6 is 0 Å². The lowest BCUT2D eigenvalue weighted by molar-refractivity contribution is -0.151. The maximum atomic E-state index is 13.3. The summed E-state index contributed by atoms with van der Waals surface area (Å²) in [5.41, 5.74) is -0.538. The Morgan fingerprint density at radius 1 is 1.10 bits per heavy atom. The van der Waals surface area contributed by atoms with Crippen LogP contribution in [0.15, 0.2) is 48.5 Å². The second-order valence-electron chi connectivity index (χ2n) is 7.40. The fraction of sp³-hybridized carbons (Fsp3) is 0.286. The highest BCUT2D eigenvalue weighted by Gasteiger charge is 2.67. The molecule has 0 radical (unpaired) electrons. The molecule has 29 heavy (non-hydrogen) atoms. The molecule has 4 rings (SSSR count). The van der Waals surface area contributed by atoms with Crippen LogP contribution in [0.1, 0.15) is 18.5 Å². The van der Waals surface area contributed by atoms with Crippen LogP contribution in [0, 0.1) is 17.7 Å². The van der Waals surface area contributed by atoms with Gasteiger partial charge in [-0.15, -0.1) is 0 Å². The number of halogens is 1. The second kappa shape index (κ2) is 6.66.